The number of aryl methyl sites for hydroxylation is 1. The topological polar surface area (TPSA) is 74.8 Å². The van der Waals surface area contributed by atoms with E-state index in [-0.39, 0.29) is 36.3 Å². The molecule has 3 aromatic rings. The third-order valence-corrected chi connectivity index (χ3v) is 7.98. The maximum atomic E-state index is 13.2. The van der Waals surface area contributed by atoms with Crippen molar-refractivity contribution in [3.8, 4) is 0 Å². The molecule has 35 heavy (non-hydrogen) atoms. The third-order valence-electron chi connectivity index (χ3n) is 7.98. The van der Waals surface area contributed by atoms with Crippen molar-refractivity contribution in [1.29, 1.82) is 0 Å². The van der Waals surface area contributed by atoms with Gasteiger partial charge in [-0.25, -0.2) is 9.97 Å². The summed E-state index contributed by atoms with van der Waals surface area (Å²) in [6, 6.07) is 2.37. The van der Waals surface area contributed by atoms with Crippen molar-refractivity contribution >= 4 is 11.0 Å². The van der Waals surface area contributed by atoms with Crippen LogP contribution in [0.4, 0.5) is 13.2 Å². The van der Waals surface area contributed by atoms with Crippen LogP contribution < -0.4 is 5.56 Å². The Balaban J connectivity index is 1.35. The number of nitrogens with zero attached hydrogens (tertiary/aromatic N) is 5. The Morgan fingerprint density at radius 1 is 1.09 bits per heavy atom. The molecule has 2 aliphatic carbocycles. The molecule has 2 saturated carbocycles. The highest BCUT2D eigenvalue weighted by Gasteiger charge is 2.48. The van der Waals surface area contributed by atoms with Crippen LogP contribution in [0.3, 0.4) is 0 Å². The van der Waals surface area contributed by atoms with E-state index < -0.39 is 12.1 Å². The predicted molar refractivity (Wildman–Crippen MR) is 122 cm³/mol. The molecule has 6 rings (SSSR count). The van der Waals surface area contributed by atoms with E-state index in [1.54, 1.807) is 14.0 Å². The Morgan fingerprint density at radius 2 is 1.86 bits per heavy atom. The van der Waals surface area contributed by atoms with Crippen molar-refractivity contribution in [2.45, 2.75) is 75.6 Å². The fraction of sp³-hybridized carbons (Fsp3) is 0.600. The number of hydrogen-bond donors (Lipinski definition) is 0. The second-order valence-corrected chi connectivity index (χ2v) is 10.3. The molecule has 1 aliphatic heterocycles. The molecule has 2 atom stereocenters. The van der Waals surface area contributed by atoms with Crippen LogP contribution in [0, 0.1) is 12.8 Å². The summed E-state index contributed by atoms with van der Waals surface area (Å²) < 4.78 is 49.2. The van der Waals surface area contributed by atoms with Gasteiger partial charge in [0.1, 0.15) is 5.82 Å². The first-order valence-corrected chi connectivity index (χ1v) is 12.3. The minimum atomic E-state index is -4.21. The van der Waals surface area contributed by atoms with Crippen molar-refractivity contribution in [3.05, 3.63) is 51.5 Å². The molecule has 4 heterocycles. The van der Waals surface area contributed by atoms with E-state index in [1.165, 1.54) is 4.57 Å². The van der Waals surface area contributed by atoms with Gasteiger partial charge in [-0.1, -0.05) is 0 Å². The molecular formula is C25H28F3N5O2. The molecule has 3 aromatic heterocycles. The second kappa shape index (κ2) is 8.15. The first-order chi connectivity index (χ1) is 16.7. The largest absolute Gasteiger partial charge is 0.391 e. The summed E-state index contributed by atoms with van der Waals surface area (Å²) >= 11 is 0. The van der Waals surface area contributed by atoms with E-state index in [4.69, 9.17) is 9.72 Å². The molecule has 3 fully saturated rings. The van der Waals surface area contributed by atoms with Crippen molar-refractivity contribution in [3.63, 3.8) is 0 Å². The van der Waals surface area contributed by atoms with Crippen LogP contribution >= 0.6 is 0 Å². The number of alkyl halides is 3. The maximum Gasteiger partial charge on any atom is 0.391 e. The molecule has 0 aromatic carbocycles. The monoisotopic (exact) mass is 487 g/mol. The van der Waals surface area contributed by atoms with Crippen LogP contribution in [0.1, 0.15) is 85.2 Å². The van der Waals surface area contributed by atoms with Crippen LogP contribution in [-0.4, -0.2) is 37.1 Å². The number of pyridine rings is 1. The van der Waals surface area contributed by atoms with E-state index in [1.807, 2.05) is 16.9 Å². The van der Waals surface area contributed by atoms with Gasteiger partial charge in [0.25, 0.3) is 5.56 Å². The lowest BCUT2D eigenvalue weighted by Crippen LogP contribution is -2.35. The first kappa shape index (κ1) is 22.7. The minimum absolute atomic E-state index is 0.00413. The summed E-state index contributed by atoms with van der Waals surface area (Å²) in [5, 5.41) is 4.83. The van der Waals surface area contributed by atoms with Crippen molar-refractivity contribution < 1.29 is 17.9 Å². The zero-order valence-electron chi connectivity index (χ0n) is 19.8. The van der Waals surface area contributed by atoms with E-state index >= 15 is 0 Å². The van der Waals surface area contributed by atoms with Crippen molar-refractivity contribution in [1.82, 2.24) is 24.3 Å². The smallest absolute Gasteiger partial charge is 0.373 e. The van der Waals surface area contributed by atoms with E-state index in [2.05, 4.69) is 16.3 Å². The van der Waals surface area contributed by atoms with Gasteiger partial charge in [-0.15, -0.1) is 0 Å². The molecule has 0 unspecified atom stereocenters. The lowest BCUT2D eigenvalue weighted by Gasteiger charge is -2.37. The van der Waals surface area contributed by atoms with Crippen molar-refractivity contribution in [2.24, 2.45) is 13.0 Å². The van der Waals surface area contributed by atoms with Crippen LogP contribution in [0.2, 0.25) is 0 Å². The van der Waals surface area contributed by atoms with Gasteiger partial charge >= 0.3 is 6.18 Å². The number of ether oxygens (including phenoxy) is 1. The minimum Gasteiger partial charge on any atom is -0.373 e. The normalized spacial score (nSPS) is 27.2. The number of aromatic nitrogens is 5. The summed E-state index contributed by atoms with van der Waals surface area (Å²) in [7, 11) is 1.63. The van der Waals surface area contributed by atoms with E-state index in [9.17, 15) is 18.0 Å². The Labute approximate surface area is 200 Å². The van der Waals surface area contributed by atoms with Gasteiger partial charge in [-0.3, -0.25) is 14.0 Å². The zero-order chi connectivity index (χ0) is 24.5. The van der Waals surface area contributed by atoms with Crippen molar-refractivity contribution in [2.75, 3.05) is 6.61 Å². The number of rotatable bonds is 4. The summed E-state index contributed by atoms with van der Waals surface area (Å²) in [4.78, 5) is 22.4. The molecule has 0 amide bonds. The van der Waals surface area contributed by atoms with Gasteiger partial charge in [0.2, 0.25) is 0 Å². The quantitative estimate of drug-likeness (QED) is 0.526. The molecule has 7 nitrogen and oxygen atoms in total. The van der Waals surface area contributed by atoms with Crippen LogP contribution in [0.15, 0.2) is 23.3 Å². The molecule has 10 heteroatoms. The molecular weight excluding hydrogens is 459 g/mol. The Hall–Kier alpha value is -2.75. The summed E-state index contributed by atoms with van der Waals surface area (Å²) in [6.07, 6.45) is 3.36. The van der Waals surface area contributed by atoms with Gasteiger partial charge in [0.15, 0.2) is 5.65 Å². The zero-order valence-corrected chi connectivity index (χ0v) is 19.8. The van der Waals surface area contributed by atoms with Gasteiger partial charge in [-0.2, -0.15) is 18.3 Å². The molecule has 3 aliphatic rings. The standard InChI is InChI=1S/C25H28F3N5O2/c1-13-30-23-22(24(34)32(13)2)19(15-7-17(8-15)25(26,27)28)10-20(31-23)14-5-6-35-21(9-14)16-11-29-33(12-16)18-3-4-18/h10-12,14-15,17-18,21H,3-9H2,1-2H3/t14-,15?,17?,21-/m0/s1. The van der Waals surface area contributed by atoms with E-state index in [0.29, 0.717) is 41.5 Å². The Morgan fingerprint density at radius 3 is 2.57 bits per heavy atom. The third kappa shape index (κ3) is 4.05. The predicted octanol–water partition coefficient (Wildman–Crippen LogP) is 4.86. The summed E-state index contributed by atoms with van der Waals surface area (Å²) in [6.45, 7) is 2.29. The molecule has 0 N–H and O–H groups in total. The highest BCUT2D eigenvalue weighted by atomic mass is 19.4. The molecule has 0 bridgehead atoms. The first-order valence-electron chi connectivity index (χ1n) is 12.3. The number of halogens is 3. The number of fused-ring (bicyclic) bond motifs is 1. The Bertz CT molecular complexity index is 1340. The van der Waals surface area contributed by atoms with Gasteiger partial charge < -0.3 is 4.74 Å². The maximum absolute atomic E-state index is 13.2. The summed E-state index contributed by atoms with van der Waals surface area (Å²) in [5.74, 6) is -1.06. The van der Waals surface area contributed by atoms with Crippen LogP contribution in [0.5, 0.6) is 0 Å². The van der Waals surface area contributed by atoms with E-state index in [0.717, 1.165) is 30.5 Å². The van der Waals surface area contributed by atoms with Crippen LogP contribution in [-0.2, 0) is 11.8 Å². The molecule has 186 valence electrons. The molecule has 0 radical (unpaired) electrons. The SMILES string of the molecule is Cc1nc2nc([C@H]3CCO[C@H](c4cnn(C5CC5)c4)C3)cc(C3CC(C(F)(F)F)C3)c2c(=O)n1C. The van der Waals surface area contributed by atoms with Gasteiger partial charge in [0.05, 0.1) is 29.6 Å². The highest BCUT2D eigenvalue weighted by molar-refractivity contribution is 5.79. The Kier molecular flexibility index (Phi) is 5.28. The second-order valence-electron chi connectivity index (χ2n) is 10.3. The molecule has 0 spiro atoms. The average molecular weight is 488 g/mol. The summed E-state index contributed by atoms with van der Waals surface area (Å²) in [5.41, 5.74) is 2.55. The highest BCUT2D eigenvalue weighted by Crippen LogP contribution is 2.51. The lowest BCUT2D eigenvalue weighted by atomic mass is 9.70. The van der Waals surface area contributed by atoms with Gasteiger partial charge in [-0.05, 0) is 63.0 Å². The van der Waals surface area contributed by atoms with Crippen LogP contribution in [0.25, 0.3) is 11.0 Å². The fourth-order valence-corrected chi connectivity index (χ4v) is 5.44. The average Bonchev–Trinajstić information content (AvgIpc) is 3.51. The van der Waals surface area contributed by atoms with Gasteiger partial charge in [0, 0.05) is 37.0 Å². The fourth-order valence-electron chi connectivity index (χ4n) is 5.44. The molecule has 1 saturated heterocycles. The lowest BCUT2D eigenvalue weighted by molar-refractivity contribution is -0.197. The number of hydrogen-bond acceptors (Lipinski definition) is 5.